The monoisotopic (exact) mass is 467 g/mol. The molecule has 1 aromatic heterocycles. The van der Waals surface area contributed by atoms with Crippen molar-refractivity contribution in [3.63, 3.8) is 0 Å². The van der Waals surface area contributed by atoms with Crippen LogP contribution in [0.2, 0.25) is 0 Å². The van der Waals surface area contributed by atoms with Crippen LogP contribution in [0.25, 0.3) is 10.8 Å². The highest BCUT2D eigenvalue weighted by molar-refractivity contribution is 7.93. The van der Waals surface area contributed by atoms with Crippen LogP contribution >= 0.6 is 11.3 Å². The van der Waals surface area contributed by atoms with E-state index in [1.165, 1.54) is 29.7 Å². The molecule has 0 radical (unpaired) electrons. The number of anilines is 2. The molecule has 3 aromatic carbocycles. The number of ether oxygens (including phenoxy) is 1. The number of nitrogens with one attached hydrogen (secondary N) is 2. The number of benzene rings is 3. The van der Waals surface area contributed by atoms with Crippen molar-refractivity contribution in [3.8, 4) is 5.75 Å². The van der Waals surface area contributed by atoms with Gasteiger partial charge >= 0.3 is 0 Å². The van der Waals surface area contributed by atoms with Crippen molar-refractivity contribution in [2.24, 2.45) is 0 Å². The van der Waals surface area contributed by atoms with Gasteiger partial charge in [-0.25, -0.2) is 13.4 Å². The Bertz CT molecular complexity index is 1350. The molecule has 0 saturated carbocycles. The molecular weight excluding hydrogens is 446 g/mol. The zero-order valence-electron chi connectivity index (χ0n) is 17.4. The van der Waals surface area contributed by atoms with Gasteiger partial charge in [0.1, 0.15) is 5.75 Å². The average Bonchev–Trinajstić information content (AvgIpc) is 3.30. The number of methoxy groups -OCH3 is 1. The van der Waals surface area contributed by atoms with Crippen molar-refractivity contribution in [1.82, 2.24) is 4.98 Å². The molecule has 4 aromatic rings. The summed E-state index contributed by atoms with van der Waals surface area (Å²) in [6.45, 7) is 1.83. The fraction of sp³-hybridized carbons (Fsp3) is 0.130. The third-order valence-corrected chi connectivity index (χ3v) is 7.22. The summed E-state index contributed by atoms with van der Waals surface area (Å²) in [5.41, 5.74) is 1.40. The number of amides is 1. The summed E-state index contributed by atoms with van der Waals surface area (Å²) in [5.74, 6) is 0.203. The van der Waals surface area contributed by atoms with Gasteiger partial charge in [-0.2, -0.15) is 0 Å². The third-order valence-electron chi connectivity index (χ3n) is 5.05. The molecule has 1 amide bonds. The van der Waals surface area contributed by atoms with Crippen LogP contribution in [0.3, 0.4) is 0 Å². The number of carbonyl (C=O) groups is 1. The van der Waals surface area contributed by atoms with Crippen molar-refractivity contribution >= 4 is 48.9 Å². The lowest BCUT2D eigenvalue weighted by Gasteiger charge is -2.14. The van der Waals surface area contributed by atoms with Gasteiger partial charge in [0.05, 0.1) is 17.9 Å². The second-order valence-corrected chi connectivity index (χ2v) is 9.73. The number of nitrogens with zero attached hydrogens (tertiary/aromatic N) is 1. The number of thiazole rings is 1. The zero-order chi connectivity index (χ0) is 22.7. The van der Waals surface area contributed by atoms with E-state index < -0.39 is 15.9 Å². The minimum atomic E-state index is -3.74. The lowest BCUT2D eigenvalue weighted by molar-refractivity contribution is -0.117. The molecular formula is C23H21N3O4S2. The van der Waals surface area contributed by atoms with Gasteiger partial charge in [0.25, 0.3) is 10.0 Å². The van der Waals surface area contributed by atoms with E-state index in [-0.39, 0.29) is 10.8 Å². The van der Waals surface area contributed by atoms with Crippen molar-refractivity contribution in [2.75, 3.05) is 17.1 Å². The Morgan fingerprint density at radius 1 is 1.03 bits per heavy atom. The van der Waals surface area contributed by atoms with Crippen molar-refractivity contribution < 1.29 is 17.9 Å². The third kappa shape index (κ3) is 4.74. The van der Waals surface area contributed by atoms with Gasteiger partial charge in [-0.15, -0.1) is 11.3 Å². The van der Waals surface area contributed by atoms with E-state index in [4.69, 9.17) is 4.74 Å². The summed E-state index contributed by atoms with van der Waals surface area (Å²) in [4.78, 5) is 16.8. The Labute approximate surface area is 190 Å². The van der Waals surface area contributed by atoms with E-state index in [0.29, 0.717) is 10.8 Å². The Morgan fingerprint density at radius 3 is 2.44 bits per heavy atom. The molecule has 4 rings (SSSR count). The van der Waals surface area contributed by atoms with Crippen LogP contribution in [-0.2, 0) is 14.8 Å². The predicted octanol–water partition coefficient (Wildman–Crippen LogP) is 4.85. The highest BCUT2D eigenvalue weighted by Crippen LogP contribution is 2.26. The maximum atomic E-state index is 12.8. The van der Waals surface area contributed by atoms with Crippen molar-refractivity contribution in [1.29, 1.82) is 0 Å². The molecule has 0 aliphatic heterocycles. The topological polar surface area (TPSA) is 97.4 Å². The van der Waals surface area contributed by atoms with E-state index in [1.807, 2.05) is 43.3 Å². The van der Waals surface area contributed by atoms with Crippen LogP contribution in [0.5, 0.6) is 5.75 Å². The molecule has 32 heavy (non-hydrogen) atoms. The predicted molar refractivity (Wildman–Crippen MR) is 127 cm³/mol. The molecule has 1 unspecified atom stereocenters. The lowest BCUT2D eigenvalue weighted by atomic mass is 9.97. The van der Waals surface area contributed by atoms with Crippen LogP contribution in [0, 0.1) is 0 Å². The number of hydrogen-bond donors (Lipinski definition) is 2. The van der Waals surface area contributed by atoms with Gasteiger partial charge in [-0.3, -0.25) is 9.52 Å². The van der Waals surface area contributed by atoms with E-state index in [0.717, 1.165) is 22.1 Å². The Hall–Kier alpha value is -3.43. The summed E-state index contributed by atoms with van der Waals surface area (Å²) in [7, 11) is -2.11. The first kappa shape index (κ1) is 21.8. The first-order valence-electron chi connectivity index (χ1n) is 9.77. The molecule has 0 aliphatic carbocycles. The van der Waals surface area contributed by atoms with Gasteiger partial charge in [-0.1, -0.05) is 24.3 Å². The second-order valence-electron chi connectivity index (χ2n) is 7.15. The zero-order valence-corrected chi connectivity index (χ0v) is 19.0. The molecule has 1 atom stereocenters. The summed E-state index contributed by atoms with van der Waals surface area (Å²) < 4.78 is 32.5. The van der Waals surface area contributed by atoms with Gasteiger partial charge in [0, 0.05) is 17.3 Å². The summed E-state index contributed by atoms with van der Waals surface area (Å²) in [5, 5.41) is 6.88. The summed E-state index contributed by atoms with van der Waals surface area (Å²) in [6.07, 6.45) is 1.52. The fourth-order valence-electron chi connectivity index (χ4n) is 3.21. The average molecular weight is 468 g/mol. The summed E-state index contributed by atoms with van der Waals surface area (Å²) in [6, 6.07) is 17.7. The van der Waals surface area contributed by atoms with E-state index >= 15 is 0 Å². The van der Waals surface area contributed by atoms with Crippen LogP contribution in [0.15, 0.2) is 77.1 Å². The molecule has 2 N–H and O–H groups in total. The molecule has 0 saturated heterocycles. The standard InChI is InChI=1S/C23H21N3O4S2/c1-15(16-3-4-18-14-20(30-2)8-5-17(18)13-16)22(27)25-19-6-9-21(10-7-19)32(28,29)26-23-24-11-12-31-23/h3-15H,1-2H3,(H,24,26)(H,25,27). The van der Waals surface area contributed by atoms with Crippen LogP contribution < -0.4 is 14.8 Å². The molecule has 9 heteroatoms. The molecule has 1 heterocycles. The second kappa shape index (κ2) is 8.97. The van der Waals surface area contributed by atoms with E-state index in [1.54, 1.807) is 24.6 Å². The van der Waals surface area contributed by atoms with Crippen LogP contribution in [0.1, 0.15) is 18.4 Å². The Kier molecular flexibility index (Phi) is 6.11. The molecule has 0 spiro atoms. The molecule has 0 bridgehead atoms. The number of fused-ring (bicyclic) bond motifs is 1. The summed E-state index contributed by atoms with van der Waals surface area (Å²) >= 11 is 1.19. The highest BCUT2D eigenvalue weighted by Gasteiger charge is 2.18. The van der Waals surface area contributed by atoms with Crippen LogP contribution in [-0.4, -0.2) is 26.4 Å². The number of aromatic nitrogens is 1. The number of sulfonamides is 1. The molecule has 0 aliphatic rings. The number of rotatable bonds is 7. The Morgan fingerprint density at radius 2 is 1.75 bits per heavy atom. The van der Waals surface area contributed by atoms with Gasteiger partial charge < -0.3 is 10.1 Å². The number of hydrogen-bond acceptors (Lipinski definition) is 6. The van der Waals surface area contributed by atoms with E-state index in [2.05, 4.69) is 15.0 Å². The van der Waals surface area contributed by atoms with Gasteiger partial charge in [-0.05, 0) is 59.7 Å². The highest BCUT2D eigenvalue weighted by atomic mass is 32.2. The largest absolute Gasteiger partial charge is 0.497 e. The minimum Gasteiger partial charge on any atom is -0.497 e. The van der Waals surface area contributed by atoms with Crippen molar-refractivity contribution in [3.05, 3.63) is 77.8 Å². The minimum absolute atomic E-state index is 0.0868. The lowest BCUT2D eigenvalue weighted by Crippen LogP contribution is -2.19. The first-order chi connectivity index (χ1) is 15.4. The maximum absolute atomic E-state index is 12.8. The van der Waals surface area contributed by atoms with Crippen molar-refractivity contribution in [2.45, 2.75) is 17.7 Å². The fourth-order valence-corrected chi connectivity index (χ4v) is 4.99. The van der Waals surface area contributed by atoms with Crippen LogP contribution in [0.4, 0.5) is 10.8 Å². The molecule has 7 nitrogen and oxygen atoms in total. The normalized spacial score (nSPS) is 12.3. The number of carbonyl (C=O) groups excluding carboxylic acids is 1. The van der Waals surface area contributed by atoms with Gasteiger partial charge in [0.2, 0.25) is 5.91 Å². The van der Waals surface area contributed by atoms with E-state index in [9.17, 15) is 13.2 Å². The first-order valence-corrected chi connectivity index (χ1v) is 12.1. The maximum Gasteiger partial charge on any atom is 0.263 e. The SMILES string of the molecule is COc1ccc2cc(C(C)C(=O)Nc3ccc(S(=O)(=O)Nc4nccs4)cc3)ccc2c1. The smallest absolute Gasteiger partial charge is 0.263 e. The molecule has 0 fully saturated rings. The Balaban J connectivity index is 1.45. The quantitative estimate of drug-likeness (QED) is 0.405. The molecule has 164 valence electrons. The van der Waals surface area contributed by atoms with Gasteiger partial charge in [0.15, 0.2) is 5.13 Å².